The fourth-order valence-corrected chi connectivity index (χ4v) is 4.49. The molecule has 2 amide bonds. The number of fused-ring (bicyclic) bond motifs is 1. The molecule has 32 heavy (non-hydrogen) atoms. The van der Waals surface area contributed by atoms with E-state index in [1.807, 2.05) is 30.3 Å². The average molecular weight is 456 g/mol. The minimum atomic E-state index is -1.29. The molecular weight excluding hydrogens is 438 g/mol. The van der Waals surface area contributed by atoms with Crippen molar-refractivity contribution in [3.8, 4) is 0 Å². The minimum Gasteiger partial charge on any atom is -0.480 e. The van der Waals surface area contributed by atoms with Crippen molar-refractivity contribution in [2.45, 2.75) is 12.1 Å². The third-order valence-electron chi connectivity index (χ3n) is 5.76. The Balaban J connectivity index is 1.64. The lowest BCUT2D eigenvalue weighted by molar-refractivity contribution is -0.384. The van der Waals surface area contributed by atoms with Crippen LogP contribution in [0.3, 0.4) is 0 Å². The molecule has 4 unspecified atom stereocenters. The molecule has 0 aromatic heterocycles. The summed E-state index contributed by atoms with van der Waals surface area (Å²) in [6.45, 7) is -0.000610. The second kappa shape index (κ2) is 8.52. The zero-order chi connectivity index (χ0) is 23.0. The van der Waals surface area contributed by atoms with E-state index in [-0.39, 0.29) is 17.3 Å². The van der Waals surface area contributed by atoms with Gasteiger partial charge in [-0.1, -0.05) is 60.2 Å². The normalized spacial score (nSPS) is 24.8. The highest BCUT2D eigenvalue weighted by Gasteiger charge is 2.60. The number of nitrogens with zero attached hydrogens (tertiary/aromatic N) is 2. The van der Waals surface area contributed by atoms with Gasteiger partial charge in [-0.15, -0.1) is 0 Å². The largest absolute Gasteiger partial charge is 0.480 e. The van der Waals surface area contributed by atoms with E-state index in [1.165, 1.54) is 18.2 Å². The Kier molecular flexibility index (Phi) is 5.77. The predicted molar refractivity (Wildman–Crippen MR) is 115 cm³/mol. The molecule has 2 saturated heterocycles. The highest BCUT2D eigenvalue weighted by molar-refractivity contribution is 6.32. The van der Waals surface area contributed by atoms with Crippen LogP contribution in [-0.4, -0.2) is 45.3 Å². The van der Waals surface area contributed by atoms with Gasteiger partial charge in [0, 0.05) is 18.7 Å². The molecule has 2 aliphatic rings. The van der Waals surface area contributed by atoms with Crippen molar-refractivity contribution in [1.29, 1.82) is 0 Å². The number of nitro groups is 1. The fourth-order valence-electron chi connectivity index (χ4n) is 4.31. The number of amides is 2. The fraction of sp³-hybridized carbons (Fsp3) is 0.227. The molecule has 10 heteroatoms. The number of aliphatic carboxylic acids is 1. The molecule has 2 aromatic carbocycles. The summed E-state index contributed by atoms with van der Waals surface area (Å²) in [7, 11) is 0. The Morgan fingerprint density at radius 1 is 1.16 bits per heavy atom. The Bertz CT molecular complexity index is 1140. The molecule has 4 atom stereocenters. The van der Waals surface area contributed by atoms with Crippen LogP contribution in [0.5, 0.6) is 0 Å². The molecule has 0 aliphatic carbocycles. The summed E-state index contributed by atoms with van der Waals surface area (Å²) >= 11 is 5.88. The molecule has 0 bridgehead atoms. The third kappa shape index (κ3) is 3.76. The molecular formula is C22H18ClN3O6. The Hall–Kier alpha value is -3.56. The Morgan fingerprint density at radius 2 is 1.84 bits per heavy atom. The van der Waals surface area contributed by atoms with E-state index in [4.69, 9.17) is 11.6 Å². The summed E-state index contributed by atoms with van der Waals surface area (Å²) in [5.41, 5.74) is 0.853. The van der Waals surface area contributed by atoms with Crippen LogP contribution in [0.4, 0.5) is 5.69 Å². The number of carboxylic acids is 1. The first-order valence-corrected chi connectivity index (χ1v) is 10.2. The van der Waals surface area contributed by atoms with E-state index in [1.54, 1.807) is 12.2 Å². The van der Waals surface area contributed by atoms with E-state index in [0.717, 1.165) is 10.5 Å². The van der Waals surface area contributed by atoms with Gasteiger partial charge in [0.25, 0.3) is 5.69 Å². The molecule has 2 aromatic rings. The van der Waals surface area contributed by atoms with Crippen molar-refractivity contribution in [2.75, 3.05) is 6.54 Å². The number of hydrogen-bond acceptors (Lipinski definition) is 6. The SMILES string of the molecule is O=C(O)C1NC(c2ccc(Cl)c([N+](=O)[O-])c2)C2C(=O)N(C/C=C/c3ccccc3)C(=O)C12. The van der Waals surface area contributed by atoms with Gasteiger partial charge < -0.3 is 5.11 Å². The maximum atomic E-state index is 13.2. The van der Waals surface area contributed by atoms with Crippen LogP contribution >= 0.6 is 11.6 Å². The van der Waals surface area contributed by atoms with Gasteiger partial charge in [0.1, 0.15) is 11.1 Å². The minimum absolute atomic E-state index is 0.000610. The standard InChI is InChI=1S/C22H18ClN3O6/c23-14-9-8-13(11-15(14)26(31)32)18-16-17(19(24-18)22(29)30)21(28)25(20(16)27)10-4-7-12-5-2-1-3-6-12/h1-9,11,16-19,24H,10H2,(H,29,30)/b7-4+. The van der Waals surface area contributed by atoms with E-state index < -0.39 is 46.6 Å². The van der Waals surface area contributed by atoms with Gasteiger partial charge >= 0.3 is 5.97 Å². The molecule has 0 spiro atoms. The van der Waals surface area contributed by atoms with Crippen LogP contribution in [-0.2, 0) is 14.4 Å². The molecule has 2 N–H and O–H groups in total. The number of benzene rings is 2. The monoisotopic (exact) mass is 455 g/mol. The van der Waals surface area contributed by atoms with Crippen LogP contribution in [0, 0.1) is 22.0 Å². The molecule has 4 rings (SSSR count). The maximum absolute atomic E-state index is 13.2. The number of carbonyl (C=O) groups excluding carboxylic acids is 2. The van der Waals surface area contributed by atoms with Gasteiger partial charge in [-0.05, 0) is 17.2 Å². The van der Waals surface area contributed by atoms with Crippen LogP contribution < -0.4 is 5.32 Å². The van der Waals surface area contributed by atoms with Crippen molar-refractivity contribution < 1.29 is 24.4 Å². The number of carboxylic acid groups (broad SMARTS) is 1. The van der Waals surface area contributed by atoms with E-state index in [2.05, 4.69) is 5.32 Å². The number of hydrogen-bond donors (Lipinski definition) is 2. The van der Waals surface area contributed by atoms with Crippen molar-refractivity contribution in [2.24, 2.45) is 11.8 Å². The first-order valence-electron chi connectivity index (χ1n) is 9.79. The van der Waals surface area contributed by atoms with Gasteiger partial charge in [0.2, 0.25) is 11.8 Å². The molecule has 2 heterocycles. The van der Waals surface area contributed by atoms with E-state index in [0.29, 0.717) is 5.56 Å². The van der Waals surface area contributed by atoms with E-state index in [9.17, 15) is 29.6 Å². The van der Waals surface area contributed by atoms with Crippen molar-refractivity contribution in [3.05, 3.63) is 80.9 Å². The van der Waals surface area contributed by atoms with Gasteiger partial charge in [-0.25, -0.2) is 0 Å². The number of halogens is 1. The van der Waals surface area contributed by atoms with Gasteiger partial charge in [0.05, 0.1) is 16.8 Å². The van der Waals surface area contributed by atoms with Crippen LogP contribution in [0.25, 0.3) is 6.08 Å². The average Bonchev–Trinajstić information content (AvgIpc) is 3.27. The lowest BCUT2D eigenvalue weighted by atomic mass is 9.86. The maximum Gasteiger partial charge on any atom is 0.321 e. The number of rotatable bonds is 6. The number of likely N-dealkylation sites (tertiary alicyclic amines) is 1. The van der Waals surface area contributed by atoms with Gasteiger partial charge in [-0.3, -0.25) is 34.7 Å². The summed E-state index contributed by atoms with van der Waals surface area (Å²) < 4.78 is 0. The number of imide groups is 1. The Morgan fingerprint density at radius 3 is 2.50 bits per heavy atom. The molecule has 0 saturated carbocycles. The molecule has 9 nitrogen and oxygen atoms in total. The summed E-state index contributed by atoms with van der Waals surface area (Å²) in [6, 6.07) is 11.2. The topological polar surface area (TPSA) is 130 Å². The Labute approximate surface area is 187 Å². The summed E-state index contributed by atoms with van der Waals surface area (Å²) in [6.07, 6.45) is 3.43. The zero-order valence-corrected chi connectivity index (χ0v) is 17.3. The highest BCUT2D eigenvalue weighted by Crippen LogP contribution is 2.45. The van der Waals surface area contributed by atoms with Crippen LogP contribution in [0.2, 0.25) is 5.02 Å². The van der Waals surface area contributed by atoms with Crippen molar-refractivity contribution >= 4 is 41.1 Å². The van der Waals surface area contributed by atoms with Crippen molar-refractivity contribution in [3.63, 3.8) is 0 Å². The van der Waals surface area contributed by atoms with Gasteiger partial charge in [-0.2, -0.15) is 0 Å². The van der Waals surface area contributed by atoms with E-state index >= 15 is 0 Å². The molecule has 164 valence electrons. The smallest absolute Gasteiger partial charge is 0.321 e. The second-order valence-corrected chi connectivity index (χ2v) is 7.99. The number of carbonyl (C=O) groups is 3. The predicted octanol–water partition coefficient (Wildman–Crippen LogP) is 2.66. The zero-order valence-electron chi connectivity index (χ0n) is 16.6. The first-order chi connectivity index (χ1) is 15.3. The summed E-state index contributed by atoms with van der Waals surface area (Å²) in [5.74, 6) is -4.46. The summed E-state index contributed by atoms with van der Waals surface area (Å²) in [4.78, 5) is 49.6. The van der Waals surface area contributed by atoms with Crippen molar-refractivity contribution in [1.82, 2.24) is 10.2 Å². The molecule has 2 aliphatic heterocycles. The third-order valence-corrected chi connectivity index (χ3v) is 6.08. The van der Waals surface area contributed by atoms with Crippen LogP contribution in [0.15, 0.2) is 54.6 Å². The lowest BCUT2D eigenvalue weighted by Gasteiger charge is -2.20. The van der Waals surface area contributed by atoms with Gasteiger partial charge in [0.15, 0.2) is 0 Å². The summed E-state index contributed by atoms with van der Waals surface area (Å²) in [5, 5.41) is 23.6. The lowest BCUT2D eigenvalue weighted by Crippen LogP contribution is -2.43. The van der Waals surface area contributed by atoms with Crippen LogP contribution in [0.1, 0.15) is 17.2 Å². The molecule has 2 fully saturated rings. The molecule has 0 radical (unpaired) electrons. The first kappa shape index (κ1) is 21.7. The highest BCUT2D eigenvalue weighted by atomic mass is 35.5. The second-order valence-electron chi connectivity index (χ2n) is 7.58. The number of nitro benzene ring substituents is 1. The number of nitrogens with one attached hydrogen (secondary N) is 1. The quantitative estimate of drug-likeness (QED) is 0.389.